The third-order valence-electron chi connectivity index (χ3n) is 4.63. The van der Waals surface area contributed by atoms with Crippen LogP contribution in [0.3, 0.4) is 0 Å². The molecule has 30 heavy (non-hydrogen) atoms. The van der Waals surface area contributed by atoms with Crippen molar-refractivity contribution < 1.29 is 13.2 Å². The van der Waals surface area contributed by atoms with Gasteiger partial charge in [0, 0.05) is 34.4 Å². The number of aromatic nitrogens is 3. The maximum absolute atomic E-state index is 12.9. The molecule has 0 radical (unpaired) electrons. The highest BCUT2D eigenvalue weighted by Gasteiger charge is 2.21. The molecule has 0 atom stereocenters. The first-order valence-corrected chi connectivity index (χ1v) is 10.9. The van der Waals surface area contributed by atoms with E-state index in [1.807, 2.05) is 29.8 Å². The molecule has 2 heterocycles. The average molecular weight is 443 g/mol. The fraction of sp³-hybridized carbons (Fsp3) is 0.143. The molecule has 0 spiro atoms. The number of methoxy groups -OCH3 is 1. The number of sulfonamides is 1. The van der Waals surface area contributed by atoms with Crippen LogP contribution in [0.2, 0.25) is 5.02 Å². The molecule has 2 aromatic heterocycles. The first-order valence-electron chi connectivity index (χ1n) is 9.06. The number of rotatable bonds is 5. The highest BCUT2D eigenvalue weighted by Crippen LogP contribution is 2.31. The van der Waals surface area contributed by atoms with Crippen LogP contribution in [0.25, 0.3) is 17.0 Å². The summed E-state index contributed by atoms with van der Waals surface area (Å²) in [4.78, 5) is 8.88. The van der Waals surface area contributed by atoms with Gasteiger partial charge in [0.2, 0.25) is 5.78 Å². The number of nitrogens with zero attached hydrogens (tertiary/aromatic N) is 3. The Hall–Kier alpha value is -3.10. The van der Waals surface area contributed by atoms with E-state index in [1.54, 1.807) is 37.3 Å². The van der Waals surface area contributed by atoms with E-state index in [2.05, 4.69) is 14.7 Å². The summed E-state index contributed by atoms with van der Waals surface area (Å²) in [6.45, 7) is 3.69. The monoisotopic (exact) mass is 442 g/mol. The van der Waals surface area contributed by atoms with Crippen molar-refractivity contribution in [2.24, 2.45) is 0 Å². The van der Waals surface area contributed by atoms with Crippen LogP contribution in [0, 0.1) is 13.8 Å². The van der Waals surface area contributed by atoms with Crippen LogP contribution >= 0.6 is 11.6 Å². The van der Waals surface area contributed by atoms with E-state index in [9.17, 15) is 8.42 Å². The maximum Gasteiger partial charge on any atom is 0.265 e. The molecule has 0 bridgehead atoms. The summed E-state index contributed by atoms with van der Waals surface area (Å²) in [6.07, 6.45) is 3.77. The maximum atomic E-state index is 12.9. The zero-order chi connectivity index (χ0) is 21.5. The second-order valence-electron chi connectivity index (χ2n) is 6.84. The number of hydrogen-bond donors (Lipinski definition) is 1. The molecule has 2 aromatic carbocycles. The number of halogens is 1. The average Bonchev–Trinajstić information content (AvgIpc) is 3.13. The van der Waals surface area contributed by atoms with Gasteiger partial charge in [-0.15, -0.1) is 0 Å². The highest BCUT2D eigenvalue weighted by molar-refractivity contribution is 7.92. The van der Waals surface area contributed by atoms with Gasteiger partial charge in [-0.3, -0.25) is 9.12 Å². The molecular weight excluding hydrogens is 424 g/mol. The predicted octanol–water partition coefficient (Wildman–Crippen LogP) is 4.48. The molecule has 0 fully saturated rings. The Balaban J connectivity index is 1.62. The Bertz CT molecular complexity index is 1350. The van der Waals surface area contributed by atoms with Crippen molar-refractivity contribution in [3.05, 3.63) is 71.1 Å². The number of benzene rings is 2. The molecular formula is C21H19ClN4O3S. The molecule has 0 aliphatic heterocycles. The Kier molecular flexibility index (Phi) is 5.13. The second-order valence-corrected chi connectivity index (χ2v) is 8.90. The van der Waals surface area contributed by atoms with E-state index in [0.29, 0.717) is 16.5 Å². The highest BCUT2D eigenvalue weighted by atomic mass is 35.5. The Morgan fingerprint density at radius 1 is 1.07 bits per heavy atom. The van der Waals surface area contributed by atoms with E-state index >= 15 is 0 Å². The SMILES string of the molecule is COc1cc(C)c(Cl)cc1S(=O)(=O)Nc1ccc(-c2cn3ccc(C)nc3n2)cc1. The van der Waals surface area contributed by atoms with Crippen LogP contribution in [-0.4, -0.2) is 29.9 Å². The lowest BCUT2D eigenvalue weighted by Gasteiger charge is -2.13. The number of imidazole rings is 1. The smallest absolute Gasteiger partial charge is 0.265 e. The van der Waals surface area contributed by atoms with Gasteiger partial charge < -0.3 is 4.74 Å². The van der Waals surface area contributed by atoms with Gasteiger partial charge >= 0.3 is 0 Å². The summed E-state index contributed by atoms with van der Waals surface area (Å²) in [5.41, 5.74) is 3.62. The van der Waals surface area contributed by atoms with E-state index in [0.717, 1.165) is 22.5 Å². The number of aryl methyl sites for hydroxylation is 2. The molecule has 4 rings (SSSR count). The van der Waals surface area contributed by atoms with Crippen molar-refractivity contribution in [3.63, 3.8) is 0 Å². The van der Waals surface area contributed by atoms with Crippen LogP contribution in [0.5, 0.6) is 5.75 Å². The molecule has 0 amide bonds. The molecule has 0 aliphatic carbocycles. The summed E-state index contributed by atoms with van der Waals surface area (Å²) in [7, 11) is -2.47. The largest absolute Gasteiger partial charge is 0.495 e. The third-order valence-corrected chi connectivity index (χ3v) is 6.44. The van der Waals surface area contributed by atoms with E-state index in [-0.39, 0.29) is 10.6 Å². The quantitative estimate of drug-likeness (QED) is 0.492. The zero-order valence-corrected chi connectivity index (χ0v) is 18.1. The summed E-state index contributed by atoms with van der Waals surface area (Å²) in [5, 5.41) is 0.349. The molecule has 0 unspecified atom stereocenters. The van der Waals surface area contributed by atoms with Crippen molar-refractivity contribution in [1.82, 2.24) is 14.4 Å². The Morgan fingerprint density at radius 3 is 2.50 bits per heavy atom. The number of anilines is 1. The van der Waals surface area contributed by atoms with Crippen LogP contribution in [0.1, 0.15) is 11.3 Å². The molecule has 9 heteroatoms. The minimum atomic E-state index is -3.89. The minimum absolute atomic E-state index is 0.0218. The lowest BCUT2D eigenvalue weighted by atomic mass is 10.1. The van der Waals surface area contributed by atoms with Gasteiger partial charge in [-0.1, -0.05) is 23.7 Å². The molecule has 1 N–H and O–H groups in total. The number of ether oxygens (including phenoxy) is 1. The topological polar surface area (TPSA) is 85.6 Å². The summed E-state index contributed by atoms with van der Waals surface area (Å²) < 4.78 is 35.4. The van der Waals surface area contributed by atoms with Gasteiger partial charge in [0.05, 0.1) is 12.8 Å². The Morgan fingerprint density at radius 2 is 1.80 bits per heavy atom. The lowest BCUT2D eigenvalue weighted by molar-refractivity contribution is 0.402. The van der Waals surface area contributed by atoms with Crippen LogP contribution in [0.4, 0.5) is 5.69 Å². The van der Waals surface area contributed by atoms with Gasteiger partial charge in [-0.25, -0.2) is 18.4 Å². The van der Waals surface area contributed by atoms with Crippen LogP contribution in [0.15, 0.2) is 59.8 Å². The van der Waals surface area contributed by atoms with E-state index < -0.39 is 10.0 Å². The van der Waals surface area contributed by atoms with Gasteiger partial charge in [-0.05, 0) is 49.7 Å². The van der Waals surface area contributed by atoms with Crippen molar-refractivity contribution >= 4 is 33.1 Å². The van der Waals surface area contributed by atoms with Crippen molar-refractivity contribution in [2.45, 2.75) is 18.7 Å². The van der Waals surface area contributed by atoms with Gasteiger partial charge in [0.25, 0.3) is 10.0 Å². The first kappa shape index (κ1) is 20.2. The molecule has 7 nitrogen and oxygen atoms in total. The molecule has 0 saturated heterocycles. The van der Waals surface area contributed by atoms with Crippen LogP contribution in [-0.2, 0) is 10.0 Å². The lowest BCUT2D eigenvalue weighted by Crippen LogP contribution is -2.14. The molecule has 0 saturated carbocycles. The van der Waals surface area contributed by atoms with Gasteiger partial charge in [0.15, 0.2) is 0 Å². The zero-order valence-electron chi connectivity index (χ0n) is 16.5. The minimum Gasteiger partial charge on any atom is -0.495 e. The summed E-state index contributed by atoms with van der Waals surface area (Å²) in [5.74, 6) is 0.839. The van der Waals surface area contributed by atoms with E-state index in [1.165, 1.54) is 13.2 Å². The van der Waals surface area contributed by atoms with E-state index in [4.69, 9.17) is 16.3 Å². The number of fused-ring (bicyclic) bond motifs is 1. The molecule has 0 aliphatic rings. The fourth-order valence-electron chi connectivity index (χ4n) is 3.02. The Labute approximate surface area is 179 Å². The van der Waals surface area contributed by atoms with Crippen molar-refractivity contribution in [3.8, 4) is 17.0 Å². The number of hydrogen-bond acceptors (Lipinski definition) is 5. The fourth-order valence-corrected chi connectivity index (χ4v) is 4.49. The van der Waals surface area contributed by atoms with Gasteiger partial charge in [-0.2, -0.15) is 0 Å². The first-order chi connectivity index (χ1) is 14.3. The second kappa shape index (κ2) is 7.62. The van der Waals surface area contributed by atoms with Crippen molar-refractivity contribution in [2.75, 3.05) is 11.8 Å². The predicted molar refractivity (Wildman–Crippen MR) is 117 cm³/mol. The summed E-state index contributed by atoms with van der Waals surface area (Å²) in [6, 6.07) is 11.8. The van der Waals surface area contributed by atoms with Crippen molar-refractivity contribution in [1.29, 1.82) is 0 Å². The van der Waals surface area contributed by atoms with Crippen LogP contribution < -0.4 is 9.46 Å². The summed E-state index contributed by atoms with van der Waals surface area (Å²) >= 11 is 6.12. The standard InChI is InChI=1S/C21H19ClN4O3S/c1-13-10-19(29-3)20(11-17(13)22)30(27,28)25-16-6-4-15(5-7-16)18-12-26-9-8-14(2)23-21(26)24-18/h4-12,25H,1-3H3. The number of nitrogens with one attached hydrogen (secondary N) is 1. The molecule has 4 aromatic rings. The third kappa shape index (κ3) is 3.83. The van der Waals surface area contributed by atoms with Gasteiger partial charge in [0.1, 0.15) is 10.6 Å². The normalized spacial score (nSPS) is 11.6. The molecule has 154 valence electrons.